The van der Waals surface area contributed by atoms with E-state index in [9.17, 15) is 19.2 Å². The van der Waals surface area contributed by atoms with Crippen molar-refractivity contribution in [3.05, 3.63) is 57.1 Å². The Bertz CT molecular complexity index is 1110. The predicted octanol–water partition coefficient (Wildman–Crippen LogP) is 3.46. The summed E-state index contributed by atoms with van der Waals surface area (Å²) in [5.41, 5.74) is 0.641. The van der Waals surface area contributed by atoms with Crippen LogP contribution in [0.15, 0.2) is 46.7 Å². The second-order valence-electron chi connectivity index (χ2n) is 6.62. The van der Waals surface area contributed by atoms with Crippen LogP contribution in [0.2, 0.25) is 0 Å². The van der Waals surface area contributed by atoms with E-state index in [-0.39, 0.29) is 23.3 Å². The number of benzene rings is 1. The molecule has 1 unspecified atom stereocenters. The summed E-state index contributed by atoms with van der Waals surface area (Å²) >= 11 is 7.95. The van der Waals surface area contributed by atoms with Gasteiger partial charge >= 0.3 is 5.97 Å². The monoisotopic (exact) mass is 472 g/mol. The number of hydrogen-bond acceptors (Lipinski definition) is 8. The largest absolute Gasteiger partial charge is 0.462 e. The molecule has 0 aliphatic carbocycles. The maximum Gasteiger partial charge on any atom is 0.338 e. The fourth-order valence-corrected chi connectivity index (χ4v) is 5.38. The third-order valence-electron chi connectivity index (χ3n) is 4.71. The van der Waals surface area contributed by atoms with Crippen LogP contribution in [0.3, 0.4) is 0 Å². The van der Waals surface area contributed by atoms with Gasteiger partial charge in [0, 0.05) is 4.88 Å². The van der Waals surface area contributed by atoms with Gasteiger partial charge in [-0.2, -0.15) is 0 Å². The Kier molecular flexibility index (Phi) is 6.03. The molecule has 1 atom stereocenters. The summed E-state index contributed by atoms with van der Waals surface area (Å²) in [6.07, 6.45) is 1.58. The highest BCUT2D eigenvalue weighted by atomic mass is 32.2. The van der Waals surface area contributed by atoms with Gasteiger partial charge in [-0.1, -0.05) is 30.0 Å². The van der Waals surface area contributed by atoms with Crippen molar-refractivity contribution < 1.29 is 23.9 Å². The molecule has 31 heavy (non-hydrogen) atoms. The summed E-state index contributed by atoms with van der Waals surface area (Å²) in [6.45, 7) is 1.95. The number of anilines is 1. The van der Waals surface area contributed by atoms with Crippen LogP contribution >= 0.6 is 35.3 Å². The zero-order chi connectivity index (χ0) is 22.1. The summed E-state index contributed by atoms with van der Waals surface area (Å²) in [5.74, 6) is -1.83. The van der Waals surface area contributed by atoms with Gasteiger partial charge < -0.3 is 4.74 Å². The maximum atomic E-state index is 13.1. The lowest BCUT2D eigenvalue weighted by Gasteiger charge is -2.21. The predicted molar refractivity (Wildman–Crippen MR) is 123 cm³/mol. The van der Waals surface area contributed by atoms with Gasteiger partial charge in [0.05, 0.1) is 29.2 Å². The molecule has 158 valence electrons. The summed E-state index contributed by atoms with van der Waals surface area (Å²) in [4.78, 5) is 54.0. The van der Waals surface area contributed by atoms with Gasteiger partial charge in [-0.3, -0.25) is 19.3 Å². The molecule has 2 aliphatic heterocycles. The molecule has 7 nitrogen and oxygen atoms in total. The van der Waals surface area contributed by atoms with Crippen LogP contribution in [0.25, 0.3) is 6.08 Å². The summed E-state index contributed by atoms with van der Waals surface area (Å²) in [6, 6.07) is 8.76. The molecule has 1 aromatic carbocycles. The number of imide groups is 1. The second-order valence-corrected chi connectivity index (χ2v) is 9.28. The number of carbonyl (C=O) groups is 4. The quantitative estimate of drug-likeness (QED) is 0.285. The number of carbonyl (C=O) groups excluding carboxylic acids is 4. The first kappa shape index (κ1) is 21.4. The number of thiocarbonyl (C=S) groups is 1. The number of thioether (sulfide) groups is 1. The van der Waals surface area contributed by atoms with Gasteiger partial charge in [0.1, 0.15) is 10.4 Å². The lowest BCUT2D eigenvalue weighted by Crippen LogP contribution is -2.44. The van der Waals surface area contributed by atoms with E-state index in [2.05, 4.69) is 0 Å². The first-order valence-corrected chi connectivity index (χ1v) is 11.5. The first-order chi connectivity index (χ1) is 14.9. The summed E-state index contributed by atoms with van der Waals surface area (Å²) < 4.78 is 5.19. The average Bonchev–Trinajstić information content (AvgIpc) is 3.42. The van der Waals surface area contributed by atoms with E-state index in [0.717, 1.165) is 21.5 Å². The van der Waals surface area contributed by atoms with E-state index in [0.29, 0.717) is 16.2 Å². The Hall–Kier alpha value is -2.82. The lowest BCUT2D eigenvalue weighted by molar-refractivity contribution is -0.129. The zero-order valence-electron chi connectivity index (χ0n) is 16.3. The molecule has 4 rings (SSSR count). The van der Waals surface area contributed by atoms with Crippen molar-refractivity contribution in [1.29, 1.82) is 0 Å². The van der Waals surface area contributed by atoms with Crippen molar-refractivity contribution in [2.24, 2.45) is 0 Å². The van der Waals surface area contributed by atoms with Crippen LogP contribution in [0.4, 0.5) is 5.69 Å². The van der Waals surface area contributed by atoms with Crippen molar-refractivity contribution in [1.82, 2.24) is 4.90 Å². The molecule has 2 aromatic rings. The van der Waals surface area contributed by atoms with E-state index < -0.39 is 23.8 Å². The molecular formula is C21H16N2O5S3. The minimum absolute atomic E-state index is 0.156. The highest BCUT2D eigenvalue weighted by Crippen LogP contribution is 2.37. The van der Waals surface area contributed by atoms with Gasteiger partial charge in [0.25, 0.3) is 11.8 Å². The molecule has 0 bridgehead atoms. The Morgan fingerprint density at radius 3 is 2.61 bits per heavy atom. The van der Waals surface area contributed by atoms with Crippen LogP contribution in [-0.4, -0.2) is 45.6 Å². The van der Waals surface area contributed by atoms with Crippen molar-refractivity contribution >= 4 is 75.1 Å². The standard InChI is InChI=1S/C21H16N2O5S3/c1-2-28-20(27)12-5-7-13(8-6-12)22-17(24)11-15(18(22)25)23-19(26)16(31-21(23)29)10-14-4-3-9-30-14/h3-10,15H,2,11H2,1H3/b16-10-. The molecular weight excluding hydrogens is 456 g/mol. The molecule has 1 aromatic heterocycles. The Labute approximate surface area is 191 Å². The number of rotatable bonds is 5. The minimum Gasteiger partial charge on any atom is -0.462 e. The van der Waals surface area contributed by atoms with Crippen LogP contribution < -0.4 is 4.90 Å². The zero-order valence-corrected chi connectivity index (χ0v) is 18.7. The smallest absolute Gasteiger partial charge is 0.338 e. The van der Waals surface area contributed by atoms with E-state index in [1.165, 1.54) is 40.5 Å². The van der Waals surface area contributed by atoms with E-state index in [4.69, 9.17) is 17.0 Å². The highest BCUT2D eigenvalue weighted by molar-refractivity contribution is 8.26. The normalized spacial score (nSPS) is 20.3. The molecule has 0 saturated carbocycles. The van der Waals surface area contributed by atoms with Gasteiger partial charge in [0.2, 0.25) is 5.91 Å². The molecule has 0 spiro atoms. The molecule has 3 heterocycles. The van der Waals surface area contributed by atoms with Crippen LogP contribution in [0.1, 0.15) is 28.6 Å². The molecule has 0 radical (unpaired) electrons. The molecule has 3 amide bonds. The third kappa shape index (κ3) is 4.06. The van der Waals surface area contributed by atoms with E-state index in [1.807, 2.05) is 17.5 Å². The van der Waals surface area contributed by atoms with Gasteiger partial charge in [-0.05, 0) is 48.7 Å². The maximum absolute atomic E-state index is 13.1. The minimum atomic E-state index is -0.987. The number of hydrogen-bond donors (Lipinski definition) is 0. The average molecular weight is 473 g/mol. The van der Waals surface area contributed by atoms with Gasteiger partial charge in [-0.15, -0.1) is 11.3 Å². The van der Waals surface area contributed by atoms with E-state index in [1.54, 1.807) is 13.0 Å². The molecule has 2 saturated heterocycles. The van der Waals surface area contributed by atoms with Crippen molar-refractivity contribution in [3.63, 3.8) is 0 Å². The molecule has 2 fully saturated rings. The molecule has 10 heteroatoms. The Balaban J connectivity index is 1.55. The number of amides is 3. The molecule has 2 aliphatic rings. The summed E-state index contributed by atoms with van der Waals surface area (Å²) in [7, 11) is 0. The third-order valence-corrected chi connectivity index (χ3v) is 6.86. The summed E-state index contributed by atoms with van der Waals surface area (Å²) in [5, 5.41) is 1.90. The Morgan fingerprint density at radius 2 is 1.97 bits per heavy atom. The highest BCUT2D eigenvalue weighted by Gasteiger charge is 2.48. The number of esters is 1. The van der Waals surface area contributed by atoms with Crippen LogP contribution in [0, 0.1) is 0 Å². The van der Waals surface area contributed by atoms with Crippen LogP contribution in [0.5, 0.6) is 0 Å². The number of nitrogens with zero attached hydrogens (tertiary/aromatic N) is 2. The van der Waals surface area contributed by atoms with Gasteiger partial charge in [0.15, 0.2) is 0 Å². The van der Waals surface area contributed by atoms with Crippen molar-refractivity contribution in [2.75, 3.05) is 11.5 Å². The van der Waals surface area contributed by atoms with Crippen molar-refractivity contribution in [3.8, 4) is 0 Å². The topological polar surface area (TPSA) is 84.0 Å². The van der Waals surface area contributed by atoms with Gasteiger partial charge in [-0.25, -0.2) is 9.69 Å². The second kappa shape index (κ2) is 8.74. The fraction of sp³-hybridized carbons (Fsp3) is 0.190. The number of thiophene rings is 1. The van der Waals surface area contributed by atoms with Crippen molar-refractivity contribution in [2.45, 2.75) is 19.4 Å². The van der Waals surface area contributed by atoms with Crippen LogP contribution in [-0.2, 0) is 19.1 Å². The fourth-order valence-electron chi connectivity index (χ4n) is 3.30. The number of ether oxygens (including phenoxy) is 1. The SMILES string of the molecule is CCOC(=O)c1ccc(N2C(=O)CC(N3C(=O)/C(=C/c4cccs4)SC3=S)C2=O)cc1. The van der Waals surface area contributed by atoms with E-state index >= 15 is 0 Å². The Morgan fingerprint density at radius 1 is 1.23 bits per heavy atom. The lowest BCUT2D eigenvalue weighted by atomic mass is 10.2. The molecule has 0 N–H and O–H groups in total. The first-order valence-electron chi connectivity index (χ1n) is 9.35.